The zero-order chi connectivity index (χ0) is 26.0. The maximum atomic E-state index is 13.0. The maximum absolute atomic E-state index is 13.0. The Hall–Kier alpha value is -2.79. The van der Waals surface area contributed by atoms with Crippen molar-refractivity contribution >= 4 is 48.1 Å². The van der Waals surface area contributed by atoms with Crippen LogP contribution in [0.2, 0.25) is 0 Å². The number of nitrogens with one attached hydrogen (secondary N) is 3. The Morgan fingerprint density at radius 3 is 2.60 bits per heavy atom. The number of fused-ring (bicyclic) bond motifs is 2. The summed E-state index contributed by atoms with van der Waals surface area (Å²) < 4.78 is 5.60. The summed E-state index contributed by atoms with van der Waals surface area (Å²) in [5.41, 5.74) is 0.591. The van der Waals surface area contributed by atoms with Crippen molar-refractivity contribution in [1.29, 1.82) is 0 Å². The minimum atomic E-state index is -0.991. The second kappa shape index (κ2) is 13.9. The third-order valence-corrected chi connectivity index (χ3v) is 6.13. The van der Waals surface area contributed by atoms with E-state index in [9.17, 15) is 19.2 Å². The third-order valence-electron chi connectivity index (χ3n) is 5.11. The molecule has 2 rings (SSSR count). The van der Waals surface area contributed by atoms with Crippen molar-refractivity contribution in [3.63, 3.8) is 0 Å². The molecule has 0 saturated carbocycles. The van der Waals surface area contributed by atoms with Crippen molar-refractivity contribution in [2.75, 3.05) is 12.0 Å². The number of thiol groups is 1. The van der Waals surface area contributed by atoms with Crippen LogP contribution in [0.5, 0.6) is 0 Å². The van der Waals surface area contributed by atoms with Gasteiger partial charge in [-0.25, -0.2) is 9.78 Å². The highest BCUT2D eigenvalue weighted by atomic mass is 32.2. The first-order valence-corrected chi connectivity index (χ1v) is 13.1. The van der Waals surface area contributed by atoms with Gasteiger partial charge < -0.3 is 20.7 Å². The SMILES string of the molecule is C/C=C1\NC(=O)c2nc(ccc2SC)CNC(=O)C[C@@H](/C=C/CCS)OC(=O)[C@H](C(C)C)NC1=O. The highest BCUT2D eigenvalue weighted by Crippen LogP contribution is 2.20. The summed E-state index contributed by atoms with van der Waals surface area (Å²) in [4.78, 5) is 56.6. The van der Waals surface area contributed by atoms with E-state index in [-0.39, 0.29) is 36.2 Å². The number of ether oxygens (including phenoxy) is 1. The lowest BCUT2D eigenvalue weighted by Gasteiger charge is -2.24. The molecule has 35 heavy (non-hydrogen) atoms. The number of thioether (sulfide) groups is 1. The van der Waals surface area contributed by atoms with Crippen molar-refractivity contribution in [3.8, 4) is 0 Å². The Balaban J connectivity index is 2.46. The first-order valence-electron chi connectivity index (χ1n) is 11.3. The first kappa shape index (κ1) is 28.4. The van der Waals surface area contributed by atoms with Gasteiger partial charge in [-0.2, -0.15) is 12.6 Å². The number of carbonyl (C=O) groups is 4. The van der Waals surface area contributed by atoms with E-state index in [1.54, 1.807) is 45.1 Å². The zero-order valence-corrected chi connectivity index (χ0v) is 22.0. The van der Waals surface area contributed by atoms with Crippen LogP contribution < -0.4 is 16.0 Å². The van der Waals surface area contributed by atoms with Crippen LogP contribution in [-0.2, 0) is 25.7 Å². The van der Waals surface area contributed by atoms with Gasteiger partial charge in [0.1, 0.15) is 23.5 Å². The predicted octanol–water partition coefficient (Wildman–Crippen LogP) is 2.39. The van der Waals surface area contributed by atoms with E-state index in [0.717, 1.165) is 0 Å². The molecule has 0 spiro atoms. The number of esters is 1. The minimum Gasteiger partial charge on any atom is -0.456 e. The van der Waals surface area contributed by atoms with Gasteiger partial charge in [0.15, 0.2) is 0 Å². The lowest BCUT2D eigenvalue weighted by molar-refractivity contribution is -0.153. The number of nitrogens with zero attached hydrogens (tertiary/aromatic N) is 1. The molecule has 0 fully saturated rings. The average molecular weight is 521 g/mol. The third kappa shape index (κ3) is 8.43. The molecular weight excluding hydrogens is 488 g/mol. The van der Waals surface area contributed by atoms with E-state index in [2.05, 4.69) is 33.6 Å². The largest absolute Gasteiger partial charge is 0.456 e. The van der Waals surface area contributed by atoms with Crippen LogP contribution in [-0.4, -0.2) is 52.8 Å². The van der Waals surface area contributed by atoms with Crippen molar-refractivity contribution in [1.82, 2.24) is 20.9 Å². The molecule has 0 aromatic carbocycles. The molecule has 3 amide bonds. The van der Waals surface area contributed by atoms with Gasteiger partial charge in [-0.1, -0.05) is 26.0 Å². The number of hydrogen-bond donors (Lipinski definition) is 4. The molecule has 2 bridgehead atoms. The number of cyclic esters (lactones) is 1. The fraction of sp³-hybridized carbons (Fsp3) is 0.458. The van der Waals surface area contributed by atoms with Crippen molar-refractivity contribution < 1.29 is 23.9 Å². The molecule has 0 radical (unpaired) electrons. The van der Waals surface area contributed by atoms with E-state index in [1.807, 2.05) is 6.26 Å². The molecule has 0 aliphatic carbocycles. The number of pyridine rings is 1. The summed E-state index contributed by atoms with van der Waals surface area (Å²) in [6, 6.07) is 2.47. The Kier molecular flexibility index (Phi) is 11.3. The molecule has 3 N–H and O–H groups in total. The quantitative estimate of drug-likeness (QED) is 0.154. The van der Waals surface area contributed by atoms with Gasteiger partial charge in [-0.3, -0.25) is 14.4 Å². The Bertz CT molecular complexity index is 1010. The summed E-state index contributed by atoms with van der Waals surface area (Å²) in [5.74, 6) is -1.94. The summed E-state index contributed by atoms with van der Waals surface area (Å²) in [6.07, 6.45) is 6.41. The van der Waals surface area contributed by atoms with E-state index in [1.165, 1.54) is 17.8 Å². The molecule has 0 unspecified atom stereocenters. The summed E-state index contributed by atoms with van der Waals surface area (Å²) in [5, 5.41) is 7.99. The highest BCUT2D eigenvalue weighted by molar-refractivity contribution is 7.98. The standard InChI is InChI=1S/C24H32N4O5S2/c1-5-17-22(30)28-20(14(2)3)24(32)33-16(8-6-7-11-34)12-19(29)25-13-15-9-10-18(35-4)21(26-15)23(31)27-17/h5-6,8-10,14,16,20,34H,7,11-13H2,1-4H3,(H,25,29)(H,27,31)(H,28,30)/b8-6+,17-5-/t16-,20+/m1/s1. The molecule has 1 aromatic rings. The van der Waals surface area contributed by atoms with E-state index in [0.29, 0.717) is 22.8 Å². The number of aromatic nitrogens is 1. The van der Waals surface area contributed by atoms with Crippen LogP contribution >= 0.6 is 24.4 Å². The highest BCUT2D eigenvalue weighted by Gasteiger charge is 2.30. The van der Waals surface area contributed by atoms with Crippen molar-refractivity contribution in [2.24, 2.45) is 5.92 Å². The molecule has 1 aromatic heterocycles. The smallest absolute Gasteiger partial charge is 0.329 e. The summed E-state index contributed by atoms with van der Waals surface area (Å²) in [7, 11) is 0. The van der Waals surface area contributed by atoms with Crippen LogP contribution in [0.1, 0.15) is 49.8 Å². The van der Waals surface area contributed by atoms with Gasteiger partial charge in [0.2, 0.25) is 5.91 Å². The number of carbonyl (C=O) groups excluding carboxylic acids is 4. The number of amides is 3. The van der Waals surface area contributed by atoms with Crippen LogP contribution in [0.3, 0.4) is 0 Å². The molecule has 1 aliphatic heterocycles. The van der Waals surface area contributed by atoms with Gasteiger partial charge in [0, 0.05) is 4.90 Å². The van der Waals surface area contributed by atoms with Gasteiger partial charge in [-0.05, 0) is 49.5 Å². The van der Waals surface area contributed by atoms with Crippen LogP contribution in [0.25, 0.3) is 0 Å². The van der Waals surface area contributed by atoms with E-state index < -0.39 is 29.9 Å². The molecule has 2 atom stereocenters. The molecule has 2 heterocycles. The monoisotopic (exact) mass is 520 g/mol. The fourth-order valence-corrected chi connectivity index (χ4v) is 3.89. The van der Waals surface area contributed by atoms with Crippen LogP contribution in [0, 0.1) is 5.92 Å². The first-order chi connectivity index (χ1) is 16.7. The van der Waals surface area contributed by atoms with Crippen LogP contribution in [0.4, 0.5) is 0 Å². The summed E-state index contributed by atoms with van der Waals surface area (Å²) in [6.45, 7) is 5.21. The second-order valence-corrected chi connectivity index (χ2v) is 9.40. The molecule has 11 heteroatoms. The normalized spacial score (nSPS) is 21.6. The van der Waals surface area contributed by atoms with E-state index in [4.69, 9.17) is 4.74 Å². The Morgan fingerprint density at radius 2 is 1.97 bits per heavy atom. The van der Waals surface area contributed by atoms with Gasteiger partial charge in [0.25, 0.3) is 11.8 Å². The number of rotatable bonds is 5. The molecule has 190 valence electrons. The van der Waals surface area contributed by atoms with Crippen molar-refractivity contribution in [3.05, 3.63) is 47.4 Å². The molecule has 1 aliphatic rings. The van der Waals surface area contributed by atoms with E-state index >= 15 is 0 Å². The lowest BCUT2D eigenvalue weighted by Crippen LogP contribution is -2.48. The lowest BCUT2D eigenvalue weighted by atomic mass is 10.0. The number of hydrogen-bond acceptors (Lipinski definition) is 8. The Morgan fingerprint density at radius 1 is 1.23 bits per heavy atom. The molecular formula is C24H32N4O5S2. The average Bonchev–Trinajstić information content (AvgIpc) is 2.83. The van der Waals surface area contributed by atoms with Gasteiger partial charge in [-0.15, -0.1) is 11.8 Å². The minimum absolute atomic E-state index is 0.0154. The van der Waals surface area contributed by atoms with Crippen LogP contribution in [0.15, 0.2) is 41.0 Å². The predicted molar refractivity (Wildman–Crippen MR) is 138 cm³/mol. The van der Waals surface area contributed by atoms with Gasteiger partial charge >= 0.3 is 5.97 Å². The number of allylic oxidation sites excluding steroid dienone is 2. The molecule has 9 nitrogen and oxygen atoms in total. The Labute approximate surface area is 215 Å². The topological polar surface area (TPSA) is 126 Å². The summed E-state index contributed by atoms with van der Waals surface area (Å²) >= 11 is 5.50. The van der Waals surface area contributed by atoms with Gasteiger partial charge in [0.05, 0.1) is 18.7 Å². The molecule has 0 saturated heterocycles. The van der Waals surface area contributed by atoms with Crippen molar-refractivity contribution in [2.45, 2.75) is 57.2 Å². The second-order valence-electron chi connectivity index (χ2n) is 8.10. The fourth-order valence-electron chi connectivity index (χ4n) is 3.21. The zero-order valence-electron chi connectivity index (χ0n) is 20.3. The maximum Gasteiger partial charge on any atom is 0.329 e.